The molecule has 0 bridgehead atoms. The van der Waals surface area contributed by atoms with E-state index in [1.165, 1.54) is 12.6 Å². The van der Waals surface area contributed by atoms with Gasteiger partial charge in [-0.2, -0.15) is 0 Å². The summed E-state index contributed by atoms with van der Waals surface area (Å²) in [5, 5.41) is 0. The lowest BCUT2D eigenvalue weighted by atomic mass is 9.66. The van der Waals surface area contributed by atoms with Gasteiger partial charge in [0.2, 0.25) is 0 Å². The average Bonchev–Trinajstić information content (AvgIpc) is 2.26. The minimum Gasteiger partial charge on any atom is -0.321 e. The molecule has 1 saturated carbocycles. The summed E-state index contributed by atoms with van der Waals surface area (Å²) in [7, 11) is 0. The molecular weight excluding hydrogens is 203 g/mol. The fourth-order valence-electron chi connectivity index (χ4n) is 2.83. The number of nitrogens with zero attached hydrogens (tertiary/aromatic N) is 1. The van der Waals surface area contributed by atoms with E-state index in [-0.39, 0.29) is 5.82 Å². The lowest BCUT2D eigenvalue weighted by Gasteiger charge is -2.43. The number of aromatic nitrogens is 1. The summed E-state index contributed by atoms with van der Waals surface area (Å²) in [6.45, 7) is 4.33. The molecule has 1 fully saturated rings. The first-order valence-corrected chi connectivity index (χ1v) is 5.94. The Morgan fingerprint density at radius 1 is 1.50 bits per heavy atom. The Morgan fingerprint density at radius 3 is 2.94 bits per heavy atom. The molecule has 2 rings (SSSR count). The molecule has 1 aliphatic rings. The Balaban J connectivity index is 2.41. The van der Waals surface area contributed by atoms with Gasteiger partial charge in [0.1, 0.15) is 5.82 Å². The van der Waals surface area contributed by atoms with Crippen LogP contribution in [-0.2, 0) is 5.54 Å². The van der Waals surface area contributed by atoms with Gasteiger partial charge in [0.25, 0.3) is 0 Å². The fraction of sp³-hybridized carbons (Fsp3) is 0.615. The molecule has 1 aromatic rings. The highest BCUT2D eigenvalue weighted by atomic mass is 19.1. The van der Waals surface area contributed by atoms with E-state index in [0.717, 1.165) is 12.8 Å². The van der Waals surface area contributed by atoms with Crippen molar-refractivity contribution in [1.82, 2.24) is 4.98 Å². The summed E-state index contributed by atoms with van der Waals surface area (Å²) in [4.78, 5) is 3.78. The normalized spacial score (nSPS) is 35.0. The van der Waals surface area contributed by atoms with Gasteiger partial charge in [-0.25, -0.2) is 4.39 Å². The van der Waals surface area contributed by atoms with E-state index in [1.54, 1.807) is 12.3 Å². The molecule has 0 amide bonds. The number of hydrogen-bond donors (Lipinski definition) is 1. The van der Waals surface area contributed by atoms with Crippen molar-refractivity contribution in [3.8, 4) is 0 Å². The summed E-state index contributed by atoms with van der Waals surface area (Å²) in [5.74, 6) is 0.579. The molecule has 2 nitrogen and oxygen atoms in total. The van der Waals surface area contributed by atoms with Crippen molar-refractivity contribution >= 4 is 0 Å². The molecule has 1 aliphatic carbocycles. The van der Waals surface area contributed by atoms with Gasteiger partial charge in [-0.15, -0.1) is 0 Å². The largest absolute Gasteiger partial charge is 0.321 e. The zero-order valence-electron chi connectivity index (χ0n) is 9.91. The molecule has 0 aromatic carbocycles. The van der Waals surface area contributed by atoms with Crippen LogP contribution in [0, 0.1) is 17.7 Å². The standard InChI is InChI=1S/C13H19FN2/c1-9-4-3-6-13(15,10(9)2)11-5-7-16-8-12(11)14/h5,7-10H,3-4,6,15H2,1-2H3. The number of halogens is 1. The van der Waals surface area contributed by atoms with E-state index < -0.39 is 5.54 Å². The van der Waals surface area contributed by atoms with Crippen LogP contribution in [0.5, 0.6) is 0 Å². The van der Waals surface area contributed by atoms with E-state index in [0.29, 0.717) is 17.4 Å². The van der Waals surface area contributed by atoms with Crippen LogP contribution in [-0.4, -0.2) is 4.98 Å². The van der Waals surface area contributed by atoms with Gasteiger partial charge in [0.05, 0.1) is 6.20 Å². The van der Waals surface area contributed by atoms with E-state index in [2.05, 4.69) is 18.8 Å². The Bertz CT molecular complexity index is 380. The Kier molecular flexibility index (Phi) is 2.98. The molecule has 1 heterocycles. The van der Waals surface area contributed by atoms with E-state index in [4.69, 9.17) is 5.73 Å². The summed E-state index contributed by atoms with van der Waals surface area (Å²) in [6.07, 6.45) is 6.00. The number of pyridine rings is 1. The van der Waals surface area contributed by atoms with Crippen LogP contribution in [0.25, 0.3) is 0 Å². The first-order chi connectivity index (χ1) is 7.55. The van der Waals surface area contributed by atoms with Crippen molar-refractivity contribution in [1.29, 1.82) is 0 Å². The van der Waals surface area contributed by atoms with Crippen LogP contribution in [0.4, 0.5) is 4.39 Å². The number of nitrogens with two attached hydrogens (primary N) is 1. The molecule has 3 unspecified atom stereocenters. The molecule has 0 spiro atoms. The summed E-state index contributed by atoms with van der Waals surface area (Å²) < 4.78 is 13.8. The topological polar surface area (TPSA) is 38.9 Å². The van der Waals surface area contributed by atoms with Crippen molar-refractivity contribution in [3.63, 3.8) is 0 Å². The van der Waals surface area contributed by atoms with Gasteiger partial charge in [-0.3, -0.25) is 4.98 Å². The average molecular weight is 222 g/mol. The molecule has 2 N–H and O–H groups in total. The summed E-state index contributed by atoms with van der Waals surface area (Å²) >= 11 is 0. The zero-order valence-corrected chi connectivity index (χ0v) is 9.91. The first-order valence-electron chi connectivity index (χ1n) is 5.94. The Labute approximate surface area is 96.1 Å². The van der Waals surface area contributed by atoms with Crippen molar-refractivity contribution in [2.24, 2.45) is 17.6 Å². The quantitative estimate of drug-likeness (QED) is 0.793. The van der Waals surface area contributed by atoms with Crippen molar-refractivity contribution in [2.75, 3.05) is 0 Å². The monoisotopic (exact) mass is 222 g/mol. The highest BCUT2D eigenvalue weighted by molar-refractivity contribution is 5.25. The highest BCUT2D eigenvalue weighted by Gasteiger charge is 2.41. The van der Waals surface area contributed by atoms with E-state index in [1.807, 2.05) is 0 Å². The molecular formula is C13H19FN2. The van der Waals surface area contributed by atoms with Crippen LogP contribution in [0.1, 0.15) is 38.7 Å². The third-order valence-electron chi connectivity index (χ3n) is 4.19. The second kappa shape index (κ2) is 4.13. The second-order valence-electron chi connectivity index (χ2n) is 5.05. The predicted octanol–water partition coefficient (Wildman–Crippen LogP) is 2.83. The Hall–Kier alpha value is -0.960. The molecule has 0 saturated heterocycles. The van der Waals surface area contributed by atoms with Crippen LogP contribution < -0.4 is 5.73 Å². The molecule has 16 heavy (non-hydrogen) atoms. The van der Waals surface area contributed by atoms with Crippen molar-refractivity contribution in [3.05, 3.63) is 29.8 Å². The molecule has 3 heteroatoms. The van der Waals surface area contributed by atoms with Crippen LogP contribution >= 0.6 is 0 Å². The van der Waals surface area contributed by atoms with Crippen LogP contribution in [0.2, 0.25) is 0 Å². The minimum atomic E-state index is -0.523. The van der Waals surface area contributed by atoms with E-state index >= 15 is 0 Å². The van der Waals surface area contributed by atoms with E-state index in [9.17, 15) is 4.39 Å². The molecule has 1 aromatic heterocycles. The van der Waals surface area contributed by atoms with Crippen LogP contribution in [0.15, 0.2) is 18.5 Å². The van der Waals surface area contributed by atoms with Gasteiger partial charge in [-0.1, -0.05) is 26.7 Å². The lowest BCUT2D eigenvalue weighted by Crippen LogP contribution is -2.48. The third-order valence-corrected chi connectivity index (χ3v) is 4.19. The highest BCUT2D eigenvalue weighted by Crippen LogP contribution is 2.42. The number of hydrogen-bond acceptors (Lipinski definition) is 2. The van der Waals surface area contributed by atoms with Crippen molar-refractivity contribution in [2.45, 2.75) is 38.6 Å². The molecule has 0 aliphatic heterocycles. The van der Waals surface area contributed by atoms with Crippen molar-refractivity contribution < 1.29 is 4.39 Å². The SMILES string of the molecule is CC1CCCC(N)(c2ccncc2F)C1C. The van der Waals surface area contributed by atoms with Gasteiger partial charge < -0.3 is 5.73 Å². The van der Waals surface area contributed by atoms with Gasteiger partial charge >= 0.3 is 0 Å². The number of rotatable bonds is 1. The molecule has 88 valence electrons. The fourth-order valence-corrected chi connectivity index (χ4v) is 2.83. The van der Waals surface area contributed by atoms with Crippen LogP contribution in [0.3, 0.4) is 0 Å². The minimum absolute atomic E-state index is 0.272. The zero-order chi connectivity index (χ0) is 11.8. The predicted molar refractivity (Wildman–Crippen MR) is 62.2 cm³/mol. The third kappa shape index (κ3) is 1.73. The lowest BCUT2D eigenvalue weighted by molar-refractivity contribution is 0.140. The first kappa shape index (κ1) is 11.5. The second-order valence-corrected chi connectivity index (χ2v) is 5.05. The van der Waals surface area contributed by atoms with Gasteiger partial charge in [-0.05, 0) is 24.3 Å². The maximum absolute atomic E-state index is 13.8. The van der Waals surface area contributed by atoms with Gasteiger partial charge in [0.15, 0.2) is 0 Å². The Morgan fingerprint density at radius 2 is 2.25 bits per heavy atom. The molecule has 3 atom stereocenters. The maximum Gasteiger partial charge on any atom is 0.146 e. The summed E-state index contributed by atoms with van der Waals surface area (Å²) in [5.41, 5.74) is 6.55. The molecule has 0 radical (unpaired) electrons. The summed E-state index contributed by atoms with van der Waals surface area (Å²) in [6, 6.07) is 1.73. The van der Waals surface area contributed by atoms with Gasteiger partial charge in [0, 0.05) is 17.3 Å². The smallest absolute Gasteiger partial charge is 0.146 e. The maximum atomic E-state index is 13.8.